The minimum atomic E-state index is 0.176. The van der Waals surface area contributed by atoms with E-state index >= 15 is 0 Å². The van der Waals surface area contributed by atoms with Crippen LogP contribution in [0.3, 0.4) is 0 Å². The first-order valence-electron chi connectivity index (χ1n) is 6.06. The number of fused-ring (bicyclic) bond motifs is 1. The fourth-order valence-electron chi connectivity index (χ4n) is 3.09. The van der Waals surface area contributed by atoms with E-state index in [9.17, 15) is 4.79 Å². The Labute approximate surface area is 127 Å². The number of likely N-dealkylation sites (tertiary alicyclic amines) is 1. The molecule has 1 amide bonds. The second-order valence-electron chi connectivity index (χ2n) is 5.02. The summed E-state index contributed by atoms with van der Waals surface area (Å²) in [7, 11) is 0. The Balaban J connectivity index is 1.87. The van der Waals surface area contributed by atoms with Gasteiger partial charge in [-0.05, 0) is 57.2 Å². The second kappa shape index (κ2) is 4.89. The summed E-state index contributed by atoms with van der Waals surface area (Å²) in [5.74, 6) is 0.811. The third-order valence-electron chi connectivity index (χ3n) is 3.87. The van der Waals surface area contributed by atoms with Gasteiger partial charge in [-0.2, -0.15) is 0 Å². The SMILES string of the molecule is CC1CC2CNCC2N1C(=O)c1cc(Br)c(Br)s1. The van der Waals surface area contributed by atoms with Crippen LogP contribution < -0.4 is 5.32 Å². The quantitative estimate of drug-likeness (QED) is 0.794. The molecule has 0 radical (unpaired) electrons. The van der Waals surface area contributed by atoms with Gasteiger partial charge in [0.2, 0.25) is 0 Å². The Hall–Kier alpha value is 0.0900. The van der Waals surface area contributed by atoms with E-state index in [4.69, 9.17) is 0 Å². The van der Waals surface area contributed by atoms with Gasteiger partial charge in [-0.1, -0.05) is 0 Å². The van der Waals surface area contributed by atoms with Crippen LogP contribution in [0.5, 0.6) is 0 Å². The average molecular weight is 394 g/mol. The number of nitrogens with one attached hydrogen (secondary N) is 1. The summed E-state index contributed by atoms with van der Waals surface area (Å²) in [5.41, 5.74) is 0. The van der Waals surface area contributed by atoms with Crippen molar-refractivity contribution in [2.45, 2.75) is 25.4 Å². The first-order chi connectivity index (χ1) is 8.58. The minimum absolute atomic E-state index is 0.176. The van der Waals surface area contributed by atoms with Crippen LogP contribution in [0, 0.1) is 5.92 Å². The van der Waals surface area contributed by atoms with Crippen molar-refractivity contribution >= 4 is 49.1 Å². The Morgan fingerprint density at radius 2 is 2.28 bits per heavy atom. The highest BCUT2D eigenvalue weighted by atomic mass is 79.9. The van der Waals surface area contributed by atoms with Gasteiger partial charge in [0, 0.05) is 29.6 Å². The molecule has 1 N–H and O–H groups in total. The molecular formula is C12H14Br2N2OS. The number of amides is 1. The van der Waals surface area contributed by atoms with E-state index in [1.54, 1.807) is 0 Å². The lowest BCUT2D eigenvalue weighted by atomic mass is 10.0. The predicted octanol–water partition coefficient (Wildman–Crippen LogP) is 3.10. The Morgan fingerprint density at radius 1 is 1.50 bits per heavy atom. The van der Waals surface area contributed by atoms with Crippen LogP contribution in [0.1, 0.15) is 23.0 Å². The molecule has 3 nitrogen and oxygen atoms in total. The zero-order valence-electron chi connectivity index (χ0n) is 9.95. The highest BCUT2D eigenvalue weighted by Crippen LogP contribution is 2.37. The summed E-state index contributed by atoms with van der Waals surface area (Å²) in [4.78, 5) is 15.5. The standard InChI is InChI=1S/C12H14Br2N2OS/c1-6-2-7-4-15-5-9(7)16(6)12(17)10-3-8(13)11(14)18-10/h3,6-7,9,15H,2,4-5H2,1H3. The summed E-state index contributed by atoms with van der Waals surface area (Å²) in [6, 6.07) is 2.65. The molecule has 3 unspecified atom stereocenters. The molecule has 2 aliphatic heterocycles. The summed E-state index contributed by atoms with van der Waals surface area (Å²) in [6.07, 6.45) is 1.12. The molecule has 2 saturated heterocycles. The van der Waals surface area contributed by atoms with Crippen molar-refractivity contribution in [1.82, 2.24) is 10.2 Å². The van der Waals surface area contributed by atoms with E-state index in [2.05, 4.69) is 49.0 Å². The fourth-order valence-corrected chi connectivity index (χ4v) is 5.07. The number of hydrogen-bond donors (Lipinski definition) is 1. The maximum Gasteiger partial charge on any atom is 0.264 e. The first-order valence-corrected chi connectivity index (χ1v) is 8.46. The van der Waals surface area contributed by atoms with Gasteiger partial charge in [0.25, 0.3) is 5.91 Å². The van der Waals surface area contributed by atoms with Gasteiger partial charge in [-0.3, -0.25) is 4.79 Å². The molecule has 3 rings (SSSR count). The molecule has 3 heterocycles. The average Bonchev–Trinajstić information content (AvgIpc) is 2.94. The van der Waals surface area contributed by atoms with E-state index in [1.165, 1.54) is 11.3 Å². The van der Waals surface area contributed by atoms with Crippen molar-refractivity contribution in [2.24, 2.45) is 5.92 Å². The van der Waals surface area contributed by atoms with Crippen molar-refractivity contribution in [1.29, 1.82) is 0 Å². The maximum absolute atomic E-state index is 12.6. The summed E-state index contributed by atoms with van der Waals surface area (Å²) >= 11 is 8.40. The molecule has 6 heteroatoms. The first kappa shape index (κ1) is 13.1. The summed E-state index contributed by atoms with van der Waals surface area (Å²) in [6.45, 7) is 4.15. The molecule has 98 valence electrons. The van der Waals surface area contributed by atoms with Gasteiger partial charge in [0.05, 0.1) is 8.66 Å². The van der Waals surface area contributed by atoms with Crippen molar-refractivity contribution in [3.63, 3.8) is 0 Å². The molecule has 0 aliphatic carbocycles. The van der Waals surface area contributed by atoms with Crippen LogP contribution in [0.2, 0.25) is 0 Å². The van der Waals surface area contributed by atoms with E-state index < -0.39 is 0 Å². The third-order valence-corrected chi connectivity index (χ3v) is 7.11. The molecule has 3 atom stereocenters. The Bertz CT molecular complexity index is 471. The topological polar surface area (TPSA) is 32.3 Å². The van der Waals surface area contributed by atoms with E-state index in [0.29, 0.717) is 18.0 Å². The molecular weight excluding hydrogens is 380 g/mol. The largest absolute Gasteiger partial charge is 0.331 e. The monoisotopic (exact) mass is 392 g/mol. The summed E-state index contributed by atoms with van der Waals surface area (Å²) in [5, 5.41) is 3.39. The number of nitrogens with zero attached hydrogens (tertiary/aromatic N) is 1. The number of carbonyl (C=O) groups excluding carboxylic acids is 1. The van der Waals surface area contributed by atoms with Gasteiger partial charge >= 0.3 is 0 Å². The van der Waals surface area contributed by atoms with Crippen molar-refractivity contribution in [3.05, 3.63) is 19.2 Å². The maximum atomic E-state index is 12.6. The normalized spacial score (nSPS) is 30.8. The number of halogens is 2. The summed E-state index contributed by atoms with van der Waals surface area (Å²) < 4.78 is 1.95. The smallest absolute Gasteiger partial charge is 0.264 e. The van der Waals surface area contributed by atoms with Crippen LogP contribution in [0.15, 0.2) is 14.3 Å². The Morgan fingerprint density at radius 3 is 2.94 bits per heavy atom. The zero-order valence-corrected chi connectivity index (χ0v) is 13.9. The lowest BCUT2D eigenvalue weighted by Crippen LogP contribution is -2.42. The van der Waals surface area contributed by atoms with Gasteiger partial charge in [0.1, 0.15) is 0 Å². The van der Waals surface area contributed by atoms with Gasteiger partial charge < -0.3 is 10.2 Å². The molecule has 2 fully saturated rings. The second-order valence-corrected chi connectivity index (χ2v) is 8.24. The number of carbonyl (C=O) groups is 1. The molecule has 0 bridgehead atoms. The van der Waals surface area contributed by atoms with E-state index in [1.807, 2.05) is 6.07 Å². The molecule has 0 aromatic carbocycles. The van der Waals surface area contributed by atoms with Crippen LogP contribution in [-0.2, 0) is 0 Å². The minimum Gasteiger partial charge on any atom is -0.331 e. The van der Waals surface area contributed by atoms with Crippen molar-refractivity contribution in [2.75, 3.05) is 13.1 Å². The number of thiophene rings is 1. The predicted molar refractivity (Wildman–Crippen MR) is 80.1 cm³/mol. The molecule has 0 spiro atoms. The van der Waals surface area contributed by atoms with Crippen molar-refractivity contribution in [3.8, 4) is 0 Å². The van der Waals surface area contributed by atoms with Crippen molar-refractivity contribution < 1.29 is 4.79 Å². The number of rotatable bonds is 1. The fraction of sp³-hybridized carbons (Fsp3) is 0.583. The molecule has 2 aliphatic rings. The highest BCUT2D eigenvalue weighted by molar-refractivity contribution is 9.13. The van der Waals surface area contributed by atoms with Gasteiger partial charge in [-0.15, -0.1) is 11.3 Å². The molecule has 18 heavy (non-hydrogen) atoms. The van der Waals surface area contributed by atoms with Gasteiger partial charge in [0.15, 0.2) is 0 Å². The lowest BCUT2D eigenvalue weighted by Gasteiger charge is -2.27. The van der Waals surface area contributed by atoms with Crippen LogP contribution in [-0.4, -0.2) is 36.0 Å². The van der Waals surface area contributed by atoms with E-state index in [0.717, 1.165) is 32.6 Å². The van der Waals surface area contributed by atoms with Crippen LogP contribution >= 0.6 is 43.2 Å². The van der Waals surface area contributed by atoms with E-state index in [-0.39, 0.29) is 5.91 Å². The number of hydrogen-bond acceptors (Lipinski definition) is 3. The highest BCUT2D eigenvalue weighted by Gasteiger charge is 2.44. The lowest BCUT2D eigenvalue weighted by molar-refractivity contribution is 0.0687. The van der Waals surface area contributed by atoms with Crippen LogP contribution in [0.4, 0.5) is 0 Å². The van der Waals surface area contributed by atoms with Gasteiger partial charge in [-0.25, -0.2) is 0 Å². The molecule has 1 aromatic heterocycles. The molecule has 0 saturated carbocycles. The van der Waals surface area contributed by atoms with Crippen LogP contribution in [0.25, 0.3) is 0 Å². The zero-order chi connectivity index (χ0) is 12.9. The third kappa shape index (κ3) is 2.07. The molecule has 1 aromatic rings. The Kier molecular flexibility index (Phi) is 3.55.